The number of nitriles is 1. The molecular formula is C10H11N. The van der Waals surface area contributed by atoms with E-state index in [4.69, 9.17) is 5.26 Å². The summed E-state index contributed by atoms with van der Waals surface area (Å²) in [6, 6.07) is 11.8. The van der Waals surface area contributed by atoms with Gasteiger partial charge in [0.25, 0.3) is 0 Å². The van der Waals surface area contributed by atoms with Crippen LogP contribution in [0.3, 0.4) is 0 Å². The van der Waals surface area contributed by atoms with Crippen molar-refractivity contribution >= 4 is 6.08 Å². The highest BCUT2D eigenvalue weighted by Gasteiger charge is 1.75. The molecule has 0 aromatic heterocycles. The summed E-state index contributed by atoms with van der Waals surface area (Å²) in [7, 11) is 0. The van der Waals surface area contributed by atoms with E-state index < -0.39 is 0 Å². The van der Waals surface area contributed by atoms with Crippen molar-refractivity contribution < 1.29 is 0 Å². The highest BCUT2D eigenvalue weighted by molar-refractivity contribution is 5.45. The molecule has 0 unspecified atom stereocenters. The minimum absolute atomic E-state index is 1.17. The van der Waals surface area contributed by atoms with Crippen LogP contribution in [0.2, 0.25) is 0 Å². The second-order valence-electron chi connectivity index (χ2n) is 1.84. The minimum atomic E-state index is 1.17. The molecule has 0 bridgehead atoms. The molecule has 0 fully saturated rings. The van der Waals surface area contributed by atoms with Crippen molar-refractivity contribution in [3.8, 4) is 6.07 Å². The average molecular weight is 145 g/mol. The molecule has 0 radical (unpaired) electrons. The Kier molecular flexibility index (Phi) is 5.64. The molecule has 1 aromatic rings. The Balaban J connectivity index is 0.000000292. The molecule has 0 aliphatic carbocycles. The summed E-state index contributed by atoms with van der Waals surface area (Å²) < 4.78 is 0. The third-order valence-corrected chi connectivity index (χ3v) is 1.04. The lowest BCUT2D eigenvalue weighted by Gasteiger charge is -1.85. The van der Waals surface area contributed by atoms with Crippen molar-refractivity contribution in [1.29, 1.82) is 5.26 Å². The third kappa shape index (κ3) is 4.92. The third-order valence-electron chi connectivity index (χ3n) is 1.04. The van der Waals surface area contributed by atoms with Crippen molar-refractivity contribution in [1.82, 2.24) is 0 Å². The van der Waals surface area contributed by atoms with Gasteiger partial charge in [0.15, 0.2) is 0 Å². The Morgan fingerprint density at radius 2 is 1.82 bits per heavy atom. The van der Waals surface area contributed by atoms with Crippen LogP contribution in [-0.2, 0) is 0 Å². The molecule has 11 heavy (non-hydrogen) atoms. The van der Waals surface area contributed by atoms with Gasteiger partial charge in [0.1, 0.15) is 0 Å². The monoisotopic (exact) mass is 145 g/mol. The quantitative estimate of drug-likeness (QED) is 0.596. The molecule has 0 atom stereocenters. The van der Waals surface area contributed by atoms with Crippen LogP contribution in [-0.4, -0.2) is 0 Å². The van der Waals surface area contributed by atoms with E-state index in [1.807, 2.05) is 36.4 Å². The molecule has 0 saturated heterocycles. The fourth-order valence-corrected chi connectivity index (χ4v) is 0.589. The number of benzene rings is 1. The molecule has 0 N–H and O–H groups in total. The van der Waals surface area contributed by atoms with Crippen LogP contribution in [0.25, 0.3) is 6.08 Å². The summed E-state index contributed by atoms with van der Waals surface area (Å²) in [5.41, 5.74) is 1.17. The second-order valence-corrected chi connectivity index (χ2v) is 1.84. The van der Waals surface area contributed by atoms with Crippen LogP contribution in [0, 0.1) is 11.3 Å². The van der Waals surface area contributed by atoms with E-state index in [0.29, 0.717) is 0 Å². The van der Waals surface area contributed by atoms with Crippen LogP contribution in [0.1, 0.15) is 12.5 Å². The summed E-state index contributed by atoms with van der Waals surface area (Å²) in [6.07, 6.45) is 1.83. The van der Waals surface area contributed by atoms with Gasteiger partial charge in [0, 0.05) is 6.92 Å². The predicted molar refractivity (Wildman–Crippen MR) is 47.8 cm³/mol. The molecular weight excluding hydrogens is 134 g/mol. The first kappa shape index (κ1) is 9.45. The number of rotatable bonds is 1. The average Bonchev–Trinajstić information content (AvgIpc) is 2.08. The molecule has 1 aromatic carbocycles. The van der Waals surface area contributed by atoms with E-state index in [1.165, 1.54) is 12.5 Å². The molecule has 56 valence electrons. The highest BCUT2D eigenvalue weighted by Crippen LogP contribution is 1.97. The maximum atomic E-state index is 7.32. The maximum absolute atomic E-state index is 7.32. The Hall–Kier alpha value is -1.55. The lowest BCUT2D eigenvalue weighted by molar-refractivity contribution is 1.49. The molecule has 1 nitrogen and oxygen atoms in total. The smallest absolute Gasteiger partial charge is 0.0587 e. The topological polar surface area (TPSA) is 23.8 Å². The van der Waals surface area contributed by atoms with Crippen LogP contribution >= 0.6 is 0 Å². The summed E-state index contributed by atoms with van der Waals surface area (Å²) in [6.45, 7) is 5.06. The lowest BCUT2D eigenvalue weighted by Crippen LogP contribution is -1.63. The zero-order valence-corrected chi connectivity index (χ0v) is 6.62. The van der Waals surface area contributed by atoms with Gasteiger partial charge in [-0.3, -0.25) is 0 Å². The van der Waals surface area contributed by atoms with Crippen molar-refractivity contribution in [3.05, 3.63) is 42.5 Å². The Labute approximate surface area is 67.6 Å². The first-order valence-electron chi connectivity index (χ1n) is 3.33. The van der Waals surface area contributed by atoms with E-state index in [-0.39, 0.29) is 0 Å². The van der Waals surface area contributed by atoms with E-state index in [2.05, 4.69) is 6.58 Å². The lowest BCUT2D eigenvalue weighted by atomic mass is 10.2. The summed E-state index contributed by atoms with van der Waals surface area (Å²) in [4.78, 5) is 0. The van der Waals surface area contributed by atoms with Gasteiger partial charge < -0.3 is 0 Å². The Bertz CT molecular complexity index is 231. The molecule has 0 heterocycles. The number of nitrogens with zero attached hydrogens (tertiary/aromatic N) is 1. The van der Waals surface area contributed by atoms with Gasteiger partial charge in [-0.05, 0) is 5.56 Å². The first-order valence-corrected chi connectivity index (χ1v) is 3.33. The molecule has 1 heteroatoms. The molecule has 0 aliphatic heterocycles. The molecule has 0 amide bonds. The summed E-state index contributed by atoms with van der Waals surface area (Å²) in [5, 5.41) is 7.32. The van der Waals surface area contributed by atoms with Gasteiger partial charge in [0.05, 0.1) is 6.07 Å². The van der Waals surface area contributed by atoms with Crippen molar-refractivity contribution in [2.75, 3.05) is 0 Å². The van der Waals surface area contributed by atoms with Crippen LogP contribution < -0.4 is 0 Å². The number of hydrogen-bond donors (Lipinski definition) is 0. The molecule has 0 aliphatic rings. The SMILES string of the molecule is C=Cc1ccccc1.CC#N. The predicted octanol–water partition coefficient (Wildman–Crippen LogP) is 2.86. The normalized spacial score (nSPS) is 6.91. The van der Waals surface area contributed by atoms with Crippen molar-refractivity contribution in [3.63, 3.8) is 0 Å². The van der Waals surface area contributed by atoms with Crippen LogP contribution in [0.15, 0.2) is 36.9 Å². The Morgan fingerprint density at radius 1 is 1.36 bits per heavy atom. The van der Waals surface area contributed by atoms with Gasteiger partial charge in [-0.2, -0.15) is 5.26 Å². The van der Waals surface area contributed by atoms with Gasteiger partial charge in [-0.1, -0.05) is 43.0 Å². The standard InChI is InChI=1S/C8H8.C2H3N/c1-2-8-6-4-3-5-7-8;1-2-3/h2-7H,1H2;1H3. The fraction of sp³-hybridized carbons (Fsp3) is 0.100. The van der Waals surface area contributed by atoms with Gasteiger partial charge in [-0.25, -0.2) is 0 Å². The van der Waals surface area contributed by atoms with Gasteiger partial charge in [-0.15, -0.1) is 0 Å². The Morgan fingerprint density at radius 3 is 2.09 bits per heavy atom. The van der Waals surface area contributed by atoms with Crippen LogP contribution in [0.5, 0.6) is 0 Å². The molecule has 0 saturated carbocycles. The van der Waals surface area contributed by atoms with E-state index in [1.54, 1.807) is 6.07 Å². The van der Waals surface area contributed by atoms with Crippen molar-refractivity contribution in [2.24, 2.45) is 0 Å². The highest BCUT2D eigenvalue weighted by atomic mass is 14.2. The minimum Gasteiger partial charge on any atom is -0.199 e. The first-order chi connectivity index (χ1) is 5.35. The summed E-state index contributed by atoms with van der Waals surface area (Å²) in [5.74, 6) is 0. The van der Waals surface area contributed by atoms with E-state index in [0.717, 1.165) is 0 Å². The van der Waals surface area contributed by atoms with Crippen molar-refractivity contribution in [2.45, 2.75) is 6.92 Å². The number of hydrogen-bond acceptors (Lipinski definition) is 1. The van der Waals surface area contributed by atoms with Gasteiger partial charge >= 0.3 is 0 Å². The van der Waals surface area contributed by atoms with E-state index >= 15 is 0 Å². The largest absolute Gasteiger partial charge is 0.199 e. The second kappa shape index (κ2) is 6.57. The zero-order valence-electron chi connectivity index (χ0n) is 6.62. The van der Waals surface area contributed by atoms with Gasteiger partial charge in [0.2, 0.25) is 0 Å². The maximum Gasteiger partial charge on any atom is 0.0587 e. The summed E-state index contributed by atoms with van der Waals surface area (Å²) >= 11 is 0. The van der Waals surface area contributed by atoms with E-state index in [9.17, 15) is 0 Å². The van der Waals surface area contributed by atoms with Crippen LogP contribution in [0.4, 0.5) is 0 Å². The fourth-order valence-electron chi connectivity index (χ4n) is 0.589. The molecule has 0 spiro atoms. The zero-order chi connectivity index (χ0) is 8.53. The molecule has 1 rings (SSSR count).